The van der Waals surface area contributed by atoms with Crippen molar-refractivity contribution in [3.05, 3.63) is 65.0 Å². The van der Waals surface area contributed by atoms with Gasteiger partial charge in [0, 0.05) is 32.4 Å². The fourth-order valence-electron chi connectivity index (χ4n) is 4.82. The van der Waals surface area contributed by atoms with Gasteiger partial charge in [0.2, 0.25) is 0 Å². The Hall–Kier alpha value is -3.43. The number of aliphatic hydroxyl groups excluding tert-OH is 1. The number of Topliss-reactive ketones (excluding diaryl/α,β-unsaturated/α-hetero) is 1. The number of pyridine rings is 1. The van der Waals surface area contributed by atoms with Gasteiger partial charge >= 0.3 is 0 Å². The van der Waals surface area contributed by atoms with Crippen LogP contribution in [0.2, 0.25) is 0 Å². The third kappa shape index (κ3) is 3.91. The normalized spacial score (nSPS) is 21.1. The second-order valence-electron chi connectivity index (χ2n) is 8.72. The first-order valence-corrected chi connectivity index (χ1v) is 11.5. The highest BCUT2D eigenvalue weighted by atomic mass is 16.5. The minimum absolute atomic E-state index is 0.0273. The maximum atomic E-state index is 13.2. The van der Waals surface area contributed by atoms with Crippen molar-refractivity contribution in [1.82, 2.24) is 19.2 Å². The summed E-state index contributed by atoms with van der Waals surface area (Å²) in [5, 5.41) is 11.4. The maximum Gasteiger partial charge on any atom is 0.295 e. The highest BCUT2D eigenvalue weighted by Gasteiger charge is 2.47. The number of carbonyl (C=O) groups is 2. The van der Waals surface area contributed by atoms with Gasteiger partial charge in [-0.2, -0.15) is 0 Å². The van der Waals surface area contributed by atoms with E-state index in [-0.39, 0.29) is 11.3 Å². The van der Waals surface area contributed by atoms with Gasteiger partial charge in [0.25, 0.3) is 11.7 Å². The fraction of sp³-hybridized carbons (Fsp3) is 0.400. The van der Waals surface area contributed by atoms with E-state index in [0.29, 0.717) is 54.7 Å². The number of aromatic nitrogens is 2. The van der Waals surface area contributed by atoms with Crippen LogP contribution in [0.25, 0.3) is 11.4 Å². The Kier molecular flexibility index (Phi) is 5.97. The average Bonchev–Trinajstić information content (AvgIpc) is 3.48. The first kappa shape index (κ1) is 22.4. The predicted molar refractivity (Wildman–Crippen MR) is 124 cm³/mol. The largest absolute Gasteiger partial charge is 0.505 e. The molecule has 1 atom stereocenters. The van der Waals surface area contributed by atoms with Crippen LogP contribution in [0, 0.1) is 13.8 Å². The Morgan fingerprint density at radius 1 is 1.12 bits per heavy atom. The van der Waals surface area contributed by atoms with E-state index in [0.717, 1.165) is 19.6 Å². The van der Waals surface area contributed by atoms with Crippen molar-refractivity contribution in [2.45, 2.75) is 26.3 Å². The zero-order valence-electron chi connectivity index (χ0n) is 19.4. The molecule has 2 aliphatic heterocycles. The lowest BCUT2D eigenvalue weighted by molar-refractivity contribution is -0.140. The molecule has 5 rings (SSSR count). The number of likely N-dealkylation sites (tertiary alicyclic amines) is 1. The van der Waals surface area contributed by atoms with Gasteiger partial charge in [-0.25, -0.2) is 4.98 Å². The number of morpholine rings is 1. The third-order valence-electron chi connectivity index (χ3n) is 6.48. The standard InChI is InChI=1S/C25H28N4O5/c1-16-7-8-18(34-16)22-20(23(30)21-17(2)26-19-6-3-4-10-28(19)21)24(31)25(32)29(22)11-5-9-27-12-14-33-15-13-27/h3-4,6-8,10,22,30H,5,9,11-15H2,1-2H3. The molecular formula is C25H28N4O5. The molecule has 2 fully saturated rings. The Morgan fingerprint density at radius 2 is 1.91 bits per heavy atom. The second-order valence-corrected chi connectivity index (χ2v) is 8.72. The summed E-state index contributed by atoms with van der Waals surface area (Å²) in [6.45, 7) is 7.86. The third-order valence-corrected chi connectivity index (χ3v) is 6.48. The van der Waals surface area contributed by atoms with E-state index in [1.807, 2.05) is 25.1 Å². The molecule has 9 heteroatoms. The molecule has 0 spiro atoms. The first-order chi connectivity index (χ1) is 16.5. The van der Waals surface area contributed by atoms with Crippen molar-refractivity contribution in [2.75, 3.05) is 39.4 Å². The van der Waals surface area contributed by atoms with Crippen molar-refractivity contribution >= 4 is 23.1 Å². The number of rotatable bonds is 6. The number of aliphatic hydroxyl groups is 1. The summed E-state index contributed by atoms with van der Waals surface area (Å²) in [5.74, 6) is -0.470. The molecule has 3 aromatic rings. The Bertz CT molecular complexity index is 1270. The van der Waals surface area contributed by atoms with Gasteiger partial charge in [0.1, 0.15) is 28.9 Å². The van der Waals surface area contributed by atoms with Crippen molar-refractivity contribution < 1.29 is 23.8 Å². The molecule has 9 nitrogen and oxygen atoms in total. The summed E-state index contributed by atoms with van der Waals surface area (Å²) in [7, 11) is 0. The van der Waals surface area contributed by atoms with Crippen LogP contribution in [0.1, 0.15) is 35.4 Å². The minimum Gasteiger partial charge on any atom is -0.505 e. The van der Waals surface area contributed by atoms with Crippen LogP contribution in [0.5, 0.6) is 0 Å². The number of amides is 1. The summed E-state index contributed by atoms with van der Waals surface area (Å²) < 4.78 is 13.0. The monoisotopic (exact) mass is 464 g/mol. The van der Waals surface area contributed by atoms with Crippen LogP contribution in [0.15, 0.2) is 46.5 Å². The molecule has 1 amide bonds. The maximum absolute atomic E-state index is 13.2. The molecule has 2 aliphatic rings. The zero-order valence-corrected chi connectivity index (χ0v) is 19.4. The molecule has 0 saturated carbocycles. The number of furan rings is 1. The van der Waals surface area contributed by atoms with E-state index >= 15 is 0 Å². The topological polar surface area (TPSA) is 101 Å². The zero-order chi connectivity index (χ0) is 23.8. The minimum atomic E-state index is -0.799. The van der Waals surface area contributed by atoms with Gasteiger partial charge in [-0.05, 0) is 44.5 Å². The Balaban J connectivity index is 1.53. The molecule has 0 bridgehead atoms. The van der Waals surface area contributed by atoms with Gasteiger partial charge in [-0.1, -0.05) is 6.07 Å². The van der Waals surface area contributed by atoms with Crippen LogP contribution < -0.4 is 0 Å². The predicted octanol–water partition coefficient (Wildman–Crippen LogP) is 2.69. The number of imidazole rings is 1. The van der Waals surface area contributed by atoms with Gasteiger partial charge in [0.05, 0.1) is 24.5 Å². The fourth-order valence-corrected chi connectivity index (χ4v) is 4.82. The highest BCUT2D eigenvalue weighted by molar-refractivity contribution is 6.46. The summed E-state index contributed by atoms with van der Waals surface area (Å²) in [5.41, 5.74) is 1.64. The summed E-state index contributed by atoms with van der Waals surface area (Å²) in [6.07, 6.45) is 2.47. The lowest BCUT2D eigenvalue weighted by atomic mass is 10.0. The molecular weight excluding hydrogens is 436 g/mol. The molecule has 0 aliphatic carbocycles. The van der Waals surface area contributed by atoms with Gasteiger partial charge in [0.15, 0.2) is 5.76 Å². The number of ketones is 1. The molecule has 1 unspecified atom stereocenters. The van der Waals surface area contributed by atoms with Crippen molar-refractivity contribution in [1.29, 1.82) is 0 Å². The molecule has 5 heterocycles. The van der Waals surface area contributed by atoms with Crippen LogP contribution in [-0.2, 0) is 14.3 Å². The summed E-state index contributed by atoms with van der Waals surface area (Å²) in [6, 6.07) is 8.25. The van der Waals surface area contributed by atoms with E-state index < -0.39 is 17.7 Å². The number of nitrogens with zero attached hydrogens (tertiary/aromatic N) is 4. The quantitative estimate of drug-likeness (QED) is 0.340. The first-order valence-electron chi connectivity index (χ1n) is 11.5. The van der Waals surface area contributed by atoms with Gasteiger partial charge in [-0.3, -0.25) is 18.9 Å². The van der Waals surface area contributed by atoms with Gasteiger partial charge < -0.3 is 19.2 Å². The van der Waals surface area contributed by atoms with E-state index in [4.69, 9.17) is 9.15 Å². The number of hydrogen-bond donors (Lipinski definition) is 1. The highest BCUT2D eigenvalue weighted by Crippen LogP contribution is 2.40. The molecule has 2 saturated heterocycles. The van der Waals surface area contributed by atoms with Crippen LogP contribution in [0.4, 0.5) is 0 Å². The molecule has 178 valence electrons. The van der Waals surface area contributed by atoms with E-state index in [1.54, 1.807) is 29.7 Å². The number of hydrogen-bond acceptors (Lipinski definition) is 7. The number of aryl methyl sites for hydroxylation is 2. The molecule has 3 aromatic heterocycles. The molecule has 0 aromatic carbocycles. The van der Waals surface area contributed by atoms with E-state index in [2.05, 4.69) is 9.88 Å². The summed E-state index contributed by atoms with van der Waals surface area (Å²) >= 11 is 0. The van der Waals surface area contributed by atoms with Crippen molar-refractivity contribution in [2.24, 2.45) is 0 Å². The summed E-state index contributed by atoms with van der Waals surface area (Å²) in [4.78, 5) is 34.7. The van der Waals surface area contributed by atoms with Crippen molar-refractivity contribution in [3.63, 3.8) is 0 Å². The van der Waals surface area contributed by atoms with Crippen LogP contribution in [0.3, 0.4) is 0 Å². The average molecular weight is 465 g/mol. The van der Waals surface area contributed by atoms with E-state index in [1.165, 1.54) is 4.90 Å². The second kappa shape index (κ2) is 9.08. The Labute approximate surface area is 197 Å². The van der Waals surface area contributed by atoms with Crippen molar-refractivity contribution in [3.8, 4) is 0 Å². The SMILES string of the molecule is Cc1ccc(C2C(=C(O)c3c(C)nc4ccccn34)C(=O)C(=O)N2CCCN2CCOCC2)o1. The van der Waals surface area contributed by atoms with Crippen LogP contribution in [-0.4, -0.2) is 75.4 Å². The van der Waals surface area contributed by atoms with Crippen LogP contribution >= 0.6 is 0 Å². The smallest absolute Gasteiger partial charge is 0.295 e. The van der Waals surface area contributed by atoms with Gasteiger partial charge in [-0.15, -0.1) is 0 Å². The molecule has 34 heavy (non-hydrogen) atoms. The lowest BCUT2D eigenvalue weighted by Gasteiger charge is -2.28. The number of fused-ring (bicyclic) bond motifs is 1. The Morgan fingerprint density at radius 3 is 2.65 bits per heavy atom. The molecule has 1 N–H and O–H groups in total. The lowest BCUT2D eigenvalue weighted by Crippen LogP contribution is -2.38. The van der Waals surface area contributed by atoms with E-state index in [9.17, 15) is 14.7 Å². The number of carbonyl (C=O) groups excluding carboxylic acids is 2. The molecule has 0 radical (unpaired) electrons. The number of ether oxygens (including phenoxy) is 1.